The third kappa shape index (κ3) is 5.81. The van der Waals surface area contributed by atoms with Gasteiger partial charge in [-0.15, -0.1) is 10.2 Å². The predicted octanol–water partition coefficient (Wildman–Crippen LogP) is 6.47. The molecule has 0 amide bonds. The quantitative estimate of drug-likeness (QED) is 0.363. The molecule has 164 valence electrons. The van der Waals surface area contributed by atoms with E-state index < -0.39 is 0 Å². The van der Waals surface area contributed by atoms with Gasteiger partial charge in [-0.3, -0.25) is 0 Å². The van der Waals surface area contributed by atoms with E-state index in [4.69, 9.17) is 0 Å². The summed E-state index contributed by atoms with van der Waals surface area (Å²) in [5.41, 5.74) is 5.77. The highest BCUT2D eigenvalue weighted by Gasteiger charge is 2.19. The fourth-order valence-electron chi connectivity index (χ4n) is 3.82. The van der Waals surface area contributed by atoms with E-state index in [1.807, 2.05) is 18.2 Å². The summed E-state index contributed by atoms with van der Waals surface area (Å²) in [6, 6.07) is 17.4. The second kappa shape index (κ2) is 10.9. The van der Waals surface area contributed by atoms with Crippen molar-refractivity contribution in [2.75, 3.05) is 0 Å². The summed E-state index contributed by atoms with van der Waals surface area (Å²) in [7, 11) is 0. The molecule has 0 aliphatic heterocycles. The molecule has 1 aromatic heterocycles. The van der Waals surface area contributed by atoms with Crippen LogP contribution in [0, 0.1) is 5.92 Å². The summed E-state index contributed by atoms with van der Waals surface area (Å²) in [6.45, 7) is 14.5. The molecule has 0 aliphatic carbocycles. The molecule has 0 fully saturated rings. The Hall–Kier alpha value is -2.95. The van der Waals surface area contributed by atoms with Crippen molar-refractivity contribution in [3.8, 4) is 22.5 Å². The number of aromatic nitrogens is 4. The second-order valence-corrected chi connectivity index (χ2v) is 8.61. The lowest BCUT2D eigenvalue weighted by atomic mass is 9.97. The smallest absolute Gasteiger partial charge is 0.205 e. The van der Waals surface area contributed by atoms with E-state index in [9.17, 15) is 0 Å². The molecule has 0 aliphatic rings. The third-order valence-corrected chi connectivity index (χ3v) is 6.06. The van der Waals surface area contributed by atoms with Crippen LogP contribution in [0.25, 0.3) is 22.5 Å². The van der Waals surface area contributed by atoms with E-state index in [0.29, 0.717) is 17.8 Å². The number of hydrogen-bond acceptors (Lipinski definition) is 4. The van der Waals surface area contributed by atoms with Gasteiger partial charge in [-0.05, 0) is 47.6 Å². The molecule has 31 heavy (non-hydrogen) atoms. The van der Waals surface area contributed by atoms with Crippen LogP contribution in [0.2, 0.25) is 0 Å². The van der Waals surface area contributed by atoms with E-state index in [1.54, 1.807) is 0 Å². The minimum atomic E-state index is 0.452. The van der Waals surface area contributed by atoms with Crippen molar-refractivity contribution in [1.82, 2.24) is 25.5 Å². The monoisotopic (exact) mass is 417 g/mol. The highest BCUT2D eigenvalue weighted by atomic mass is 15.5. The summed E-state index contributed by atoms with van der Waals surface area (Å²) >= 11 is 0. The van der Waals surface area contributed by atoms with Gasteiger partial charge in [-0.2, -0.15) is 5.21 Å². The number of aromatic amines is 1. The Morgan fingerprint density at radius 2 is 1.71 bits per heavy atom. The standard InChI is InChI=1S/C26H35N5/c1-6-7-8-11-20(4)31(21(5)19(2)3)18-22-14-16-23(17-15-22)24-12-9-10-13-25(24)26-27-29-30-28-26/h9-10,12-17,19,21H,4,6-8,11,18H2,1-3,5H3,(H,27,28,29,30). The topological polar surface area (TPSA) is 57.7 Å². The number of unbranched alkanes of at least 4 members (excludes halogenated alkanes) is 2. The van der Waals surface area contributed by atoms with E-state index in [1.165, 1.54) is 30.5 Å². The van der Waals surface area contributed by atoms with Crippen LogP contribution in [0.5, 0.6) is 0 Å². The summed E-state index contributed by atoms with van der Waals surface area (Å²) in [4.78, 5) is 2.49. The van der Waals surface area contributed by atoms with Crippen molar-refractivity contribution in [3.63, 3.8) is 0 Å². The normalized spacial score (nSPS) is 12.2. The van der Waals surface area contributed by atoms with Crippen molar-refractivity contribution in [3.05, 3.63) is 66.4 Å². The third-order valence-electron chi connectivity index (χ3n) is 6.06. The van der Waals surface area contributed by atoms with Gasteiger partial charge in [0.25, 0.3) is 0 Å². The second-order valence-electron chi connectivity index (χ2n) is 8.61. The molecule has 5 heteroatoms. The molecular formula is C26H35N5. The largest absolute Gasteiger partial charge is 0.368 e. The maximum atomic E-state index is 4.43. The van der Waals surface area contributed by atoms with Gasteiger partial charge in [0, 0.05) is 23.8 Å². The van der Waals surface area contributed by atoms with Crippen LogP contribution in [-0.4, -0.2) is 31.6 Å². The lowest BCUT2D eigenvalue weighted by Gasteiger charge is -2.35. The van der Waals surface area contributed by atoms with Crippen molar-refractivity contribution in [2.24, 2.45) is 5.92 Å². The van der Waals surface area contributed by atoms with Crippen LogP contribution in [0.15, 0.2) is 60.8 Å². The summed E-state index contributed by atoms with van der Waals surface area (Å²) in [6.07, 6.45) is 4.78. The van der Waals surface area contributed by atoms with Gasteiger partial charge >= 0.3 is 0 Å². The first-order chi connectivity index (χ1) is 15.0. The van der Waals surface area contributed by atoms with Gasteiger partial charge in [0.05, 0.1) is 0 Å². The van der Waals surface area contributed by atoms with Crippen LogP contribution in [-0.2, 0) is 6.54 Å². The number of nitrogens with one attached hydrogen (secondary N) is 1. The van der Waals surface area contributed by atoms with E-state index in [0.717, 1.165) is 29.7 Å². The summed E-state index contributed by atoms with van der Waals surface area (Å²) in [5, 5.41) is 14.5. The maximum Gasteiger partial charge on any atom is 0.205 e. The van der Waals surface area contributed by atoms with Gasteiger partial charge in [-0.1, -0.05) is 88.7 Å². The van der Waals surface area contributed by atoms with Gasteiger partial charge < -0.3 is 4.90 Å². The molecule has 0 saturated heterocycles. The minimum Gasteiger partial charge on any atom is -0.368 e. The van der Waals surface area contributed by atoms with E-state index >= 15 is 0 Å². The molecule has 0 saturated carbocycles. The zero-order valence-electron chi connectivity index (χ0n) is 19.3. The first-order valence-electron chi connectivity index (χ1n) is 11.4. The average molecular weight is 418 g/mol. The summed E-state index contributed by atoms with van der Waals surface area (Å²) < 4.78 is 0. The van der Waals surface area contributed by atoms with Crippen LogP contribution in [0.4, 0.5) is 0 Å². The molecular weight excluding hydrogens is 382 g/mol. The number of tetrazole rings is 1. The molecule has 5 nitrogen and oxygen atoms in total. The molecule has 0 spiro atoms. The van der Waals surface area contributed by atoms with Crippen molar-refractivity contribution in [1.29, 1.82) is 0 Å². The number of allylic oxidation sites excluding steroid dienone is 1. The van der Waals surface area contributed by atoms with Gasteiger partial charge in [-0.25, -0.2) is 0 Å². The molecule has 1 atom stereocenters. The highest BCUT2D eigenvalue weighted by Crippen LogP contribution is 2.30. The van der Waals surface area contributed by atoms with Gasteiger partial charge in [0.2, 0.25) is 5.82 Å². The molecule has 1 N–H and O–H groups in total. The molecule has 3 aromatic rings. The Morgan fingerprint density at radius 3 is 2.32 bits per heavy atom. The molecule has 2 aromatic carbocycles. The van der Waals surface area contributed by atoms with Gasteiger partial charge in [0.1, 0.15) is 0 Å². The molecule has 1 heterocycles. The Balaban J connectivity index is 1.79. The Kier molecular flexibility index (Phi) is 7.99. The maximum absolute atomic E-state index is 4.43. The number of nitrogens with zero attached hydrogens (tertiary/aromatic N) is 4. The first kappa shape index (κ1) is 22.7. The van der Waals surface area contributed by atoms with E-state index in [2.05, 4.69) is 90.1 Å². The number of H-pyrrole nitrogens is 1. The summed E-state index contributed by atoms with van der Waals surface area (Å²) in [5.74, 6) is 1.18. The van der Waals surface area contributed by atoms with Crippen LogP contribution < -0.4 is 0 Å². The number of rotatable bonds is 11. The zero-order valence-corrected chi connectivity index (χ0v) is 19.3. The molecule has 0 bridgehead atoms. The number of benzene rings is 2. The van der Waals surface area contributed by atoms with Crippen LogP contribution in [0.1, 0.15) is 58.9 Å². The first-order valence-corrected chi connectivity index (χ1v) is 11.4. The Labute approximate surface area is 186 Å². The Bertz CT molecular complexity index is 944. The lowest BCUT2D eigenvalue weighted by Crippen LogP contribution is -2.35. The molecule has 3 rings (SSSR count). The van der Waals surface area contributed by atoms with Gasteiger partial charge in [0.15, 0.2) is 0 Å². The van der Waals surface area contributed by atoms with Crippen molar-refractivity contribution >= 4 is 0 Å². The SMILES string of the molecule is C=C(CCCCC)N(Cc1ccc(-c2ccccc2-c2nn[nH]n2)cc1)C(C)C(C)C. The number of hydrogen-bond donors (Lipinski definition) is 1. The van der Waals surface area contributed by atoms with Crippen molar-refractivity contribution in [2.45, 2.75) is 66.0 Å². The minimum absolute atomic E-state index is 0.452. The van der Waals surface area contributed by atoms with Crippen molar-refractivity contribution < 1.29 is 0 Å². The molecule has 1 unspecified atom stereocenters. The molecule has 0 radical (unpaired) electrons. The lowest BCUT2D eigenvalue weighted by molar-refractivity contribution is 0.202. The predicted molar refractivity (Wildman–Crippen MR) is 128 cm³/mol. The van der Waals surface area contributed by atoms with E-state index in [-0.39, 0.29) is 0 Å². The van der Waals surface area contributed by atoms with Crippen LogP contribution >= 0.6 is 0 Å². The zero-order chi connectivity index (χ0) is 22.2. The fraction of sp³-hybridized carbons (Fsp3) is 0.423. The fourth-order valence-corrected chi connectivity index (χ4v) is 3.82. The van der Waals surface area contributed by atoms with Crippen LogP contribution in [0.3, 0.4) is 0 Å². The highest BCUT2D eigenvalue weighted by molar-refractivity contribution is 5.80. The Morgan fingerprint density at radius 1 is 1.00 bits per heavy atom. The average Bonchev–Trinajstić information content (AvgIpc) is 3.32.